The van der Waals surface area contributed by atoms with E-state index in [1.54, 1.807) is 36.7 Å². The number of fused-ring (bicyclic) bond motifs is 1. The number of rotatable bonds is 4. The average Bonchev–Trinajstić information content (AvgIpc) is 2.55. The molecule has 0 aliphatic heterocycles. The highest BCUT2D eigenvalue weighted by atomic mass is 79.9. The number of benzene rings is 1. The van der Waals surface area contributed by atoms with Crippen molar-refractivity contribution in [2.75, 3.05) is 7.11 Å². The molecule has 3 aromatic rings. The maximum absolute atomic E-state index is 11.0. The standard InChI is InChI=1S/C15H10BrN3O3/c1-21-12-6-9(8-20)10(16)7-13(12)22-14-3-2-11-15(19-14)18-5-4-17-11/h2-8H,1H3. The van der Waals surface area contributed by atoms with Crippen molar-refractivity contribution in [2.45, 2.75) is 0 Å². The second-order valence-corrected chi connectivity index (χ2v) is 5.15. The van der Waals surface area contributed by atoms with Gasteiger partial charge in [0.1, 0.15) is 5.52 Å². The van der Waals surface area contributed by atoms with Crippen molar-refractivity contribution in [2.24, 2.45) is 0 Å². The lowest BCUT2D eigenvalue weighted by atomic mass is 10.2. The van der Waals surface area contributed by atoms with Gasteiger partial charge >= 0.3 is 0 Å². The summed E-state index contributed by atoms with van der Waals surface area (Å²) in [4.78, 5) is 23.5. The van der Waals surface area contributed by atoms with Gasteiger partial charge in [-0.2, -0.15) is 4.98 Å². The summed E-state index contributed by atoms with van der Waals surface area (Å²) in [5.74, 6) is 1.24. The number of hydrogen-bond acceptors (Lipinski definition) is 6. The molecule has 0 amide bonds. The Morgan fingerprint density at radius 2 is 1.95 bits per heavy atom. The lowest BCUT2D eigenvalue weighted by Crippen LogP contribution is -1.95. The van der Waals surface area contributed by atoms with Gasteiger partial charge in [-0.05, 0) is 34.1 Å². The van der Waals surface area contributed by atoms with Crippen molar-refractivity contribution in [1.29, 1.82) is 0 Å². The van der Waals surface area contributed by atoms with Crippen molar-refractivity contribution in [3.8, 4) is 17.4 Å². The number of nitrogens with zero attached hydrogens (tertiary/aromatic N) is 3. The lowest BCUT2D eigenvalue weighted by Gasteiger charge is -2.11. The van der Waals surface area contributed by atoms with Crippen molar-refractivity contribution < 1.29 is 14.3 Å². The number of methoxy groups -OCH3 is 1. The third kappa shape index (κ3) is 2.75. The van der Waals surface area contributed by atoms with Crippen molar-refractivity contribution in [3.63, 3.8) is 0 Å². The zero-order valence-corrected chi connectivity index (χ0v) is 13.1. The zero-order chi connectivity index (χ0) is 15.5. The Morgan fingerprint density at radius 1 is 1.14 bits per heavy atom. The summed E-state index contributed by atoms with van der Waals surface area (Å²) in [6.07, 6.45) is 3.90. The minimum absolute atomic E-state index is 0.358. The first-order valence-electron chi connectivity index (χ1n) is 6.29. The van der Waals surface area contributed by atoms with Crippen molar-refractivity contribution in [1.82, 2.24) is 15.0 Å². The van der Waals surface area contributed by atoms with Crippen LogP contribution in [0.25, 0.3) is 11.2 Å². The fourth-order valence-corrected chi connectivity index (χ4v) is 2.30. The second-order valence-electron chi connectivity index (χ2n) is 4.29. The maximum atomic E-state index is 11.0. The molecule has 3 rings (SSSR count). The first-order valence-corrected chi connectivity index (χ1v) is 7.09. The van der Waals surface area contributed by atoms with Gasteiger partial charge < -0.3 is 9.47 Å². The van der Waals surface area contributed by atoms with Gasteiger partial charge in [0.25, 0.3) is 0 Å². The van der Waals surface area contributed by atoms with Crippen molar-refractivity contribution >= 4 is 33.4 Å². The molecule has 2 aromatic heterocycles. The zero-order valence-electron chi connectivity index (χ0n) is 11.5. The highest BCUT2D eigenvalue weighted by molar-refractivity contribution is 9.10. The smallest absolute Gasteiger partial charge is 0.221 e. The third-order valence-corrected chi connectivity index (χ3v) is 3.62. The maximum Gasteiger partial charge on any atom is 0.221 e. The van der Waals surface area contributed by atoms with Crippen LogP contribution in [-0.4, -0.2) is 28.3 Å². The molecule has 0 fully saturated rings. The van der Waals surface area contributed by atoms with E-state index in [0.29, 0.717) is 38.6 Å². The van der Waals surface area contributed by atoms with Crippen LogP contribution in [-0.2, 0) is 0 Å². The Bertz CT molecular complexity index is 855. The SMILES string of the molecule is COc1cc(C=O)c(Br)cc1Oc1ccc2nccnc2n1. The molecule has 0 aliphatic carbocycles. The lowest BCUT2D eigenvalue weighted by molar-refractivity contribution is 0.112. The van der Waals surface area contributed by atoms with E-state index in [4.69, 9.17) is 9.47 Å². The Labute approximate surface area is 134 Å². The van der Waals surface area contributed by atoms with Crippen LogP contribution in [0, 0.1) is 0 Å². The highest BCUT2D eigenvalue weighted by Crippen LogP contribution is 2.35. The molecule has 0 unspecified atom stereocenters. The molecule has 1 aromatic carbocycles. The number of carbonyl (C=O) groups excluding carboxylic acids is 1. The Morgan fingerprint density at radius 3 is 2.73 bits per heavy atom. The number of hydrogen-bond donors (Lipinski definition) is 0. The first kappa shape index (κ1) is 14.4. The molecule has 0 spiro atoms. The van der Waals surface area contributed by atoms with Crippen LogP contribution < -0.4 is 9.47 Å². The van der Waals surface area contributed by atoms with Gasteiger partial charge in [0.2, 0.25) is 5.88 Å². The van der Waals surface area contributed by atoms with E-state index in [0.717, 1.165) is 6.29 Å². The predicted molar refractivity (Wildman–Crippen MR) is 83.5 cm³/mol. The van der Waals surface area contributed by atoms with Gasteiger partial charge in [0.05, 0.1) is 7.11 Å². The number of aldehydes is 1. The normalized spacial score (nSPS) is 10.5. The minimum Gasteiger partial charge on any atom is -0.493 e. The molecule has 0 saturated heterocycles. The number of pyridine rings is 1. The van der Waals surface area contributed by atoms with Crippen LogP contribution in [0.15, 0.2) is 41.1 Å². The molecule has 7 heteroatoms. The van der Waals surface area contributed by atoms with Gasteiger partial charge in [0, 0.05) is 28.5 Å². The van der Waals surface area contributed by atoms with Gasteiger partial charge in [-0.15, -0.1) is 0 Å². The first-order chi connectivity index (χ1) is 10.7. The minimum atomic E-state index is 0.358. The molecule has 6 nitrogen and oxygen atoms in total. The Balaban J connectivity index is 2.00. The molecule has 0 atom stereocenters. The Hall–Kier alpha value is -2.54. The van der Waals surface area contributed by atoms with Crippen LogP contribution in [0.4, 0.5) is 0 Å². The van der Waals surface area contributed by atoms with Gasteiger partial charge in [0.15, 0.2) is 23.4 Å². The number of halogens is 1. The molecular weight excluding hydrogens is 350 g/mol. The van der Waals surface area contributed by atoms with Crippen LogP contribution >= 0.6 is 15.9 Å². The van der Waals surface area contributed by atoms with Crippen LogP contribution in [0.1, 0.15) is 10.4 Å². The summed E-state index contributed by atoms with van der Waals surface area (Å²) in [5, 5.41) is 0. The molecule has 0 aliphatic rings. The largest absolute Gasteiger partial charge is 0.493 e. The van der Waals surface area contributed by atoms with E-state index in [1.165, 1.54) is 7.11 Å². The van der Waals surface area contributed by atoms with E-state index in [1.807, 2.05) is 0 Å². The molecule has 0 bridgehead atoms. The highest BCUT2D eigenvalue weighted by Gasteiger charge is 2.12. The van der Waals surface area contributed by atoms with E-state index >= 15 is 0 Å². The molecule has 2 heterocycles. The van der Waals surface area contributed by atoms with Gasteiger partial charge in [-0.3, -0.25) is 9.78 Å². The van der Waals surface area contributed by atoms with Crippen LogP contribution in [0.5, 0.6) is 17.4 Å². The number of aromatic nitrogens is 3. The predicted octanol–water partition coefficient (Wildman–Crippen LogP) is 3.40. The fraction of sp³-hybridized carbons (Fsp3) is 0.0667. The van der Waals surface area contributed by atoms with E-state index in [2.05, 4.69) is 30.9 Å². The molecule has 0 saturated carbocycles. The van der Waals surface area contributed by atoms with E-state index < -0.39 is 0 Å². The van der Waals surface area contributed by atoms with Crippen LogP contribution in [0.3, 0.4) is 0 Å². The summed E-state index contributed by atoms with van der Waals surface area (Å²) < 4.78 is 11.6. The average molecular weight is 360 g/mol. The fourth-order valence-electron chi connectivity index (χ4n) is 1.89. The molecule has 110 valence electrons. The second kappa shape index (κ2) is 6.07. The van der Waals surface area contributed by atoms with E-state index in [-0.39, 0.29) is 0 Å². The summed E-state index contributed by atoms with van der Waals surface area (Å²) in [6.45, 7) is 0. The molecular formula is C15H10BrN3O3. The molecule has 22 heavy (non-hydrogen) atoms. The number of ether oxygens (including phenoxy) is 2. The number of carbonyl (C=O) groups is 1. The van der Waals surface area contributed by atoms with Gasteiger partial charge in [-0.25, -0.2) is 4.98 Å². The van der Waals surface area contributed by atoms with E-state index in [9.17, 15) is 4.79 Å². The quantitative estimate of drug-likeness (QED) is 0.664. The van der Waals surface area contributed by atoms with Crippen LogP contribution in [0.2, 0.25) is 0 Å². The van der Waals surface area contributed by atoms with Crippen molar-refractivity contribution in [3.05, 3.63) is 46.7 Å². The molecule has 0 N–H and O–H groups in total. The van der Waals surface area contributed by atoms with Gasteiger partial charge in [-0.1, -0.05) is 0 Å². The summed E-state index contributed by atoms with van der Waals surface area (Å²) in [7, 11) is 1.50. The third-order valence-electron chi connectivity index (χ3n) is 2.93. The topological polar surface area (TPSA) is 74.2 Å². The summed E-state index contributed by atoms with van der Waals surface area (Å²) in [5.41, 5.74) is 1.64. The monoisotopic (exact) mass is 359 g/mol. The Kier molecular flexibility index (Phi) is 3.97. The molecule has 0 radical (unpaired) electrons. The summed E-state index contributed by atoms with van der Waals surface area (Å²) in [6, 6.07) is 6.71. The summed E-state index contributed by atoms with van der Waals surface area (Å²) >= 11 is 3.31.